The minimum atomic E-state index is -3.72. The molecule has 1 saturated carbocycles. The molecule has 0 bridgehead atoms. The van der Waals surface area contributed by atoms with E-state index in [-0.39, 0.29) is 15.5 Å². The molecule has 2 unspecified atom stereocenters. The van der Waals surface area contributed by atoms with Crippen molar-refractivity contribution in [3.05, 3.63) is 4.60 Å². The van der Waals surface area contributed by atoms with E-state index in [0.29, 0.717) is 5.92 Å². The zero-order chi connectivity index (χ0) is 15.0. The van der Waals surface area contributed by atoms with Crippen LogP contribution in [0.4, 0.5) is 0 Å². The zero-order valence-electron chi connectivity index (χ0n) is 11.4. The summed E-state index contributed by atoms with van der Waals surface area (Å²) >= 11 is 9.20. The molecule has 1 aliphatic carbocycles. The Hall–Kier alpha value is -0.180. The summed E-state index contributed by atoms with van der Waals surface area (Å²) in [5.41, 5.74) is -0.582. The van der Waals surface area contributed by atoms with Crippen LogP contribution in [-0.2, 0) is 17.1 Å². The van der Waals surface area contributed by atoms with E-state index in [1.54, 1.807) is 7.05 Å². The van der Waals surface area contributed by atoms with Crippen LogP contribution in [0.1, 0.15) is 32.6 Å². The molecule has 1 heterocycles. The number of rotatable bonds is 4. The van der Waals surface area contributed by atoms with E-state index in [1.165, 1.54) is 4.68 Å². The molecule has 2 atom stereocenters. The summed E-state index contributed by atoms with van der Waals surface area (Å²) in [6.07, 6.45) is 3.58. The Morgan fingerprint density at radius 3 is 2.80 bits per heavy atom. The van der Waals surface area contributed by atoms with Gasteiger partial charge in [0.25, 0.3) is 10.0 Å². The van der Waals surface area contributed by atoms with E-state index in [1.807, 2.05) is 0 Å². The number of halogens is 2. The van der Waals surface area contributed by atoms with E-state index in [2.05, 4.69) is 37.9 Å². The third-order valence-corrected chi connectivity index (χ3v) is 6.67. The van der Waals surface area contributed by atoms with Gasteiger partial charge in [0, 0.05) is 18.5 Å². The smallest absolute Gasteiger partial charge is 0.235 e. The van der Waals surface area contributed by atoms with E-state index in [0.717, 1.165) is 25.7 Å². The minimum absolute atomic E-state index is 0.0280. The van der Waals surface area contributed by atoms with Crippen molar-refractivity contribution in [3.63, 3.8) is 0 Å². The van der Waals surface area contributed by atoms with Crippen LogP contribution in [0.3, 0.4) is 0 Å². The summed E-state index contributed by atoms with van der Waals surface area (Å²) in [6.45, 7) is 2.12. The second-order valence-electron chi connectivity index (χ2n) is 5.53. The Balaban J connectivity index is 2.31. The molecule has 0 saturated heterocycles. The largest absolute Gasteiger partial charge is 0.261 e. The second-order valence-corrected chi connectivity index (χ2v) is 8.15. The lowest BCUT2D eigenvalue weighted by molar-refractivity contribution is 0.238. The Morgan fingerprint density at radius 2 is 2.30 bits per heavy atom. The fourth-order valence-corrected chi connectivity index (χ4v) is 5.77. The molecule has 1 aromatic heterocycles. The highest BCUT2D eigenvalue weighted by molar-refractivity contribution is 9.10. The fourth-order valence-electron chi connectivity index (χ4n) is 2.84. The Kier molecular flexibility index (Phi) is 4.78. The lowest BCUT2D eigenvalue weighted by Gasteiger charge is -2.38. The molecule has 0 amide bonds. The van der Waals surface area contributed by atoms with Gasteiger partial charge in [-0.1, -0.05) is 25.0 Å². The predicted molar refractivity (Wildman–Crippen MR) is 80.1 cm³/mol. The molecule has 9 heteroatoms. The van der Waals surface area contributed by atoms with Crippen LogP contribution in [0.5, 0.6) is 0 Å². The first-order valence-electron chi connectivity index (χ1n) is 6.45. The normalized spacial score (nSPS) is 27.7. The van der Waals surface area contributed by atoms with Crippen molar-refractivity contribution in [2.75, 3.05) is 5.88 Å². The molecule has 20 heavy (non-hydrogen) atoms. The van der Waals surface area contributed by atoms with Crippen molar-refractivity contribution in [1.82, 2.24) is 19.7 Å². The highest BCUT2D eigenvalue weighted by Gasteiger charge is 2.39. The maximum atomic E-state index is 12.6. The van der Waals surface area contributed by atoms with Crippen molar-refractivity contribution in [2.45, 2.75) is 43.2 Å². The van der Waals surface area contributed by atoms with Gasteiger partial charge in [0.05, 0.1) is 0 Å². The van der Waals surface area contributed by atoms with Crippen LogP contribution in [0.2, 0.25) is 0 Å². The molecule has 0 spiro atoms. The number of hydrogen-bond donors (Lipinski definition) is 1. The molecule has 0 aliphatic heterocycles. The van der Waals surface area contributed by atoms with Gasteiger partial charge in [-0.15, -0.1) is 16.7 Å². The average Bonchev–Trinajstić information content (AvgIpc) is 2.69. The zero-order valence-corrected chi connectivity index (χ0v) is 14.6. The number of alkyl halides is 1. The van der Waals surface area contributed by atoms with Gasteiger partial charge in [-0.25, -0.2) is 17.8 Å². The minimum Gasteiger partial charge on any atom is -0.235 e. The number of aromatic nitrogens is 3. The molecule has 1 aliphatic rings. The molecular formula is C11H18BrClN4O2S. The fraction of sp³-hybridized carbons (Fsp3) is 0.818. The summed E-state index contributed by atoms with van der Waals surface area (Å²) in [7, 11) is -2.17. The van der Waals surface area contributed by atoms with Gasteiger partial charge in [0.2, 0.25) is 5.03 Å². The molecule has 2 rings (SSSR count). The van der Waals surface area contributed by atoms with Gasteiger partial charge >= 0.3 is 0 Å². The monoisotopic (exact) mass is 384 g/mol. The van der Waals surface area contributed by atoms with Crippen molar-refractivity contribution in [1.29, 1.82) is 0 Å². The topological polar surface area (TPSA) is 76.9 Å². The molecule has 1 N–H and O–H groups in total. The molecule has 0 aromatic carbocycles. The quantitative estimate of drug-likeness (QED) is 0.805. The van der Waals surface area contributed by atoms with Crippen LogP contribution in [0.25, 0.3) is 0 Å². The summed E-state index contributed by atoms with van der Waals surface area (Å²) in [5.74, 6) is 0.720. The Labute approximate surface area is 132 Å². The first kappa shape index (κ1) is 16.2. The van der Waals surface area contributed by atoms with Gasteiger partial charge in [-0.3, -0.25) is 0 Å². The SMILES string of the molecule is CC1CCCC(CCl)(NS(=O)(=O)c2c(Br)nnn2C)C1. The molecule has 114 valence electrons. The third kappa shape index (κ3) is 3.18. The number of sulfonamides is 1. The predicted octanol–water partition coefficient (Wildman–Crippen LogP) is 2.04. The lowest BCUT2D eigenvalue weighted by Crippen LogP contribution is -2.52. The molecular weight excluding hydrogens is 368 g/mol. The first-order chi connectivity index (χ1) is 9.30. The maximum absolute atomic E-state index is 12.6. The van der Waals surface area contributed by atoms with E-state index < -0.39 is 15.6 Å². The van der Waals surface area contributed by atoms with E-state index in [9.17, 15) is 8.42 Å². The molecule has 0 radical (unpaired) electrons. The highest BCUT2D eigenvalue weighted by atomic mass is 79.9. The van der Waals surface area contributed by atoms with Crippen LogP contribution in [-0.4, -0.2) is 34.8 Å². The summed E-state index contributed by atoms with van der Waals surface area (Å²) in [5, 5.41) is 7.45. The summed E-state index contributed by atoms with van der Waals surface area (Å²) < 4.78 is 29.4. The van der Waals surface area contributed by atoms with Crippen LogP contribution in [0.15, 0.2) is 9.63 Å². The molecule has 1 fully saturated rings. The van der Waals surface area contributed by atoms with Gasteiger partial charge < -0.3 is 0 Å². The first-order valence-corrected chi connectivity index (χ1v) is 9.26. The second kappa shape index (κ2) is 5.90. The van der Waals surface area contributed by atoms with Crippen LogP contribution >= 0.6 is 27.5 Å². The lowest BCUT2D eigenvalue weighted by atomic mass is 9.78. The van der Waals surface area contributed by atoms with Gasteiger partial charge in [0.15, 0.2) is 4.60 Å². The molecule has 1 aromatic rings. The Morgan fingerprint density at radius 1 is 1.60 bits per heavy atom. The Bertz CT molecular complexity index is 572. The van der Waals surface area contributed by atoms with Crippen molar-refractivity contribution < 1.29 is 8.42 Å². The van der Waals surface area contributed by atoms with Gasteiger partial charge in [-0.2, -0.15) is 0 Å². The number of aryl methyl sites for hydroxylation is 1. The summed E-state index contributed by atoms with van der Waals surface area (Å²) in [4.78, 5) is 0. The van der Waals surface area contributed by atoms with Crippen LogP contribution < -0.4 is 4.72 Å². The number of nitrogens with zero attached hydrogens (tertiary/aromatic N) is 3. The highest BCUT2D eigenvalue weighted by Crippen LogP contribution is 2.34. The average molecular weight is 386 g/mol. The third-order valence-electron chi connectivity index (χ3n) is 3.69. The summed E-state index contributed by atoms with van der Waals surface area (Å²) in [6, 6.07) is 0. The van der Waals surface area contributed by atoms with E-state index in [4.69, 9.17) is 11.6 Å². The van der Waals surface area contributed by atoms with Gasteiger partial charge in [-0.05, 0) is 34.7 Å². The standard InChI is InChI=1S/C11H18BrClN4O2S/c1-8-4-3-5-11(6-8,7-13)15-20(18,19)10-9(12)14-16-17(10)2/h8,15H,3-7H2,1-2H3. The van der Waals surface area contributed by atoms with Crippen molar-refractivity contribution in [3.8, 4) is 0 Å². The number of hydrogen-bond acceptors (Lipinski definition) is 4. The van der Waals surface area contributed by atoms with Crippen molar-refractivity contribution >= 4 is 37.6 Å². The van der Waals surface area contributed by atoms with Crippen LogP contribution in [0, 0.1) is 5.92 Å². The van der Waals surface area contributed by atoms with E-state index >= 15 is 0 Å². The number of nitrogens with one attached hydrogen (secondary N) is 1. The molecule has 6 nitrogen and oxygen atoms in total. The van der Waals surface area contributed by atoms with Crippen molar-refractivity contribution in [2.24, 2.45) is 13.0 Å². The van der Waals surface area contributed by atoms with Gasteiger partial charge in [0.1, 0.15) is 0 Å². The maximum Gasteiger partial charge on any atom is 0.261 e.